The molecule has 0 aliphatic heterocycles. The largest absolute Gasteiger partial charge is 0.469 e. The number of ether oxygens (including phenoxy) is 2. The van der Waals surface area contributed by atoms with Gasteiger partial charge in [-0.3, -0.25) is 4.79 Å². The van der Waals surface area contributed by atoms with Crippen molar-refractivity contribution in [1.82, 2.24) is 0 Å². The van der Waals surface area contributed by atoms with Crippen molar-refractivity contribution in [1.29, 1.82) is 0 Å². The van der Waals surface area contributed by atoms with Crippen molar-refractivity contribution in [2.24, 2.45) is 0 Å². The summed E-state index contributed by atoms with van der Waals surface area (Å²) in [7, 11) is 1.39. The number of halogens is 1. The van der Waals surface area contributed by atoms with Crippen LogP contribution in [0.2, 0.25) is 0 Å². The third-order valence-electron chi connectivity index (χ3n) is 2.35. The summed E-state index contributed by atoms with van der Waals surface area (Å²) in [5.74, 6) is -0.236. The lowest BCUT2D eigenvalue weighted by Gasteiger charge is -2.20. The molecule has 0 saturated heterocycles. The van der Waals surface area contributed by atoms with Crippen molar-refractivity contribution in [3.63, 3.8) is 0 Å². The van der Waals surface area contributed by atoms with Gasteiger partial charge in [-0.05, 0) is 38.0 Å². The summed E-state index contributed by atoms with van der Waals surface area (Å²) in [6.07, 6.45) is 0.284. The fourth-order valence-electron chi connectivity index (χ4n) is 1.38. The highest BCUT2D eigenvalue weighted by Crippen LogP contribution is 2.22. The number of carbonyl (C=O) groups excluding carboxylic acids is 1. The van der Waals surface area contributed by atoms with Crippen LogP contribution in [0, 0.1) is 0 Å². The van der Waals surface area contributed by atoms with Gasteiger partial charge in [0, 0.05) is 4.47 Å². The molecule has 0 bridgehead atoms. The molecule has 18 heavy (non-hydrogen) atoms. The van der Waals surface area contributed by atoms with Crippen molar-refractivity contribution in [3.8, 4) is 0 Å². The van der Waals surface area contributed by atoms with E-state index in [9.17, 15) is 4.79 Å². The third-order valence-corrected chi connectivity index (χ3v) is 3.12. The quantitative estimate of drug-likeness (QED) is 0.798. The fourth-order valence-corrected chi connectivity index (χ4v) is 1.74. The predicted molar refractivity (Wildman–Crippen MR) is 74.4 cm³/mol. The number of hydrogen-bond donors (Lipinski definition) is 0. The van der Waals surface area contributed by atoms with E-state index in [4.69, 9.17) is 4.74 Å². The minimum atomic E-state index is -0.236. The Morgan fingerprint density at radius 2 is 2.00 bits per heavy atom. The molecule has 0 atom stereocenters. The number of methoxy groups -OCH3 is 1. The van der Waals surface area contributed by atoms with Gasteiger partial charge in [-0.25, -0.2) is 0 Å². The first-order valence-corrected chi connectivity index (χ1v) is 6.59. The minimum absolute atomic E-state index is 0.183. The zero-order valence-electron chi connectivity index (χ0n) is 11.2. The van der Waals surface area contributed by atoms with Gasteiger partial charge in [0.05, 0.1) is 25.7 Å². The van der Waals surface area contributed by atoms with E-state index in [-0.39, 0.29) is 18.0 Å². The molecule has 3 nitrogen and oxygen atoms in total. The molecular weight excluding hydrogens is 296 g/mol. The molecule has 0 radical (unpaired) electrons. The number of esters is 1. The zero-order chi connectivity index (χ0) is 13.8. The van der Waals surface area contributed by atoms with Gasteiger partial charge in [0.25, 0.3) is 0 Å². The number of benzene rings is 1. The van der Waals surface area contributed by atoms with Gasteiger partial charge in [0.15, 0.2) is 0 Å². The van der Waals surface area contributed by atoms with Crippen molar-refractivity contribution < 1.29 is 14.3 Å². The van der Waals surface area contributed by atoms with E-state index in [1.54, 1.807) is 0 Å². The van der Waals surface area contributed by atoms with Crippen molar-refractivity contribution in [2.45, 2.75) is 39.4 Å². The topological polar surface area (TPSA) is 35.5 Å². The Kier molecular flexibility index (Phi) is 5.35. The second kappa shape index (κ2) is 6.34. The Morgan fingerprint density at radius 3 is 2.56 bits per heavy atom. The molecule has 0 saturated carbocycles. The second-order valence-electron chi connectivity index (χ2n) is 5.08. The molecule has 0 unspecified atom stereocenters. The van der Waals surface area contributed by atoms with Crippen molar-refractivity contribution in [2.75, 3.05) is 7.11 Å². The lowest BCUT2D eigenvalue weighted by atomic mass is 10.1. The van der Waals surface area contributed by atoms with Crippen LogP contribution in [0.4, 0.5) is 0 Å². The van der Waals surface area contributed by atoms with Crippen molar-refractivity contribution >= 4 is 21.9 Å². The van der Waals surface area contributed by atoms with Crippen molar-refractivity contribution in [3.05, 3.63) is 33.8 Å². The summed E-state index contributed by atoms with van der Waals surface area (Å²) in [6, 6.07) is 5.80. The fraction of sp³-hybridized carbons (Fsp3) is 0.500. The lowest BCUT2D eigenvalue weighted by Crippen LogP contribution is -2.19. The van der Waals surface area contributed by atoms with Crippen LogP contribution in [-0.4, -0.2) is 18.7 Å². The average Bonchev–Trinajstić information content (AvgIpc) is 2.28. The molecular formula is C14H19BrO3. The highest BCUT2D eigenvalue weighted by molar-refractivity contribution is 9.10. The highest BCUT2D eigenvalue weighted by atomic mass is 79.9. The number of rotatable bonds is 4. The summed E-state index contributed by atoms with van der Waals surface area (Å²) in [6.45, 7) is 6.55. The van der Waals surface area contributed by atoms with Gasteiger partial charge in [-0.1, -0.05) is 28.1 Å². The maximum absolute atomic E-state index is 11.2. The molecule has 0 heterocycles. The van der Waals surface area contributed by atoms with E-state index in [1.165, 1.54) is 7.11 Å². The maximum atomic E-state index is 11.2. The van der Waals surface area contributed by atoms with E-state index in [1.807, 2.05) is 39.0 Å². The monoisotopic (exact) mass is 314 g/mol. The molecule has 1 aromatic rings. The highest BCUT2D eigenvalue weighted by Gasteiger charge is 2.12. The smallest absolute Gasteiger partial charge is 0.309 e. The standard InChI is InChI=1S/C14H19BrO3/c1-14(2,3)18-9-11-7-10(5-6-12(11)15)8-13(16)17-4/h5-7H,8-9H2,1-4H3. The van der Waals surface area contributed by atoms with Crippen LogP contribution >= 0.6 is 15.9 Å². The molecule has 0 N–H and O–H groups in total. The lowest BCUT2D eigenvalue weighted by molar-refractivity contribution is -0.139. The molecule has 4 heteroatoms. The van der Waals surface area contributed by atoms with E-state index in [0.717, 1.165) is 15.6 Å². The normalized spacial score (nSPS) is 11.4. The van der Waals surface area contributed by atoms with Gasteiger partial charge in [-0.2, -0.15) is 0 Å². The zero-order valence-corrected chi connectivity index (χ0v) is 12.8. The van der Waals surface area contributed by atoms with Crippen LogP contribution in [-0.2, 0) is 27.3 Å². The first-order valence-electron chi connectivity index (χ1n) is 5.80. The number of carbonyl (C=O) groups is 1. The molecule has 0 spiro atoms. The molecule has 0 aliphatic carbocycles. The third kappa shape index (κ3) is 5.19. The molecule has 0 fully saturated rings. The van der Waals surface area contributed by atoms with Crippen LogP contribution in [0.3, 0.4) is 0 Å². The first-order chi connectivity index (χ1) is 8.31. The Hall–Kier alpha value is -0.870. The summed E-state index contributed by atoms with van der Waals surface area (Å²) in [4.78, 5) is 11.2. The molecule has 0 aliphatic rings. The summed E-state index contributed by atoms with van der Waals surface area (Å²) < 4.78 is 11.4. The second-order valence-corrected chi connectivity index (χ2v) is 5.93. The summed E-state index contributed by atoms with van der Waals surface area (Å²) in [5, 5.41) is 0. The Balaban J connectivity index is 2.78. The molecule has 0 aromatic heterocycles. The molecule has 100 valence electrons. The van der Waals surface area contributed by atoms with E-state index in [0.29, 0.717) is 6.61 Å². The minimum Gasteiger partial charge on any atom is -0.469 e. The molecule has 1 rings (SSSR count). The molecule has 1 aromatic carbocycles. The predicted octanol–water partition coefficient (Wildman–Crippen LogP) is 3.48. The first kappa shape index (κ1) is 15.2. The average molecular weight is 315 g/mol. The Bertz CT molecular complexity index is 422. The van der Waals surface area contributed by atoms with Gasteiger partial charge in [-0.15, -0.1) is 0 Å². The van der Waals surface area contributed by atoms with Crippen LogP contribution in [0.1, 0.15) is 31.9 Å². The maximum Gasteiger partial charge on any atom is 0.309 e. The molecule has 0 amide bonds. The van der Waals surface area contributed by atoms with E-state index < -0.39 is 0 Å². The van der Waals surface area contributed by atoms with Gasteiger partial charge >= 0.3 is 5.97 Å². The van der Waals surface area contributed by atoms with Crippen LogP contribution in [0.5, 0.6) is 0 Å². The Morgan fingerprint density at radius 1 is 1.33 bits per heavy atom. The van der Waals surface area contributed by atoms with Gasteiger partial charge in [0.1, 0.15) is 0 Å². The van der Waals surface area contributed by atoms with Gasteiger partial charge in [0.2, 0.25) is 0 Å². The van der Waals surface area contributed by atoms with E-state index >= 15 is 0 Å². The van der Waals surface area contributed by atoms with E-state index in [2.05, 4.69) is 20.7 Å². The van der Waals surface area contributed by atoms with Gasteiger partial charge < -0.3 is 9.47 Å². The van der Waals surface area contributed by atoms with Crippen LogP contribution in [0.25, 0.3) is 0 Å². The summed E-state index contributed by atoms with van der Waals surface area (Å²) >= 11 is 3.49. The van der Waals surface area contributed by atoms with Crippen LogP contribution in [0.15, 0.2) is 22.7 Å². The van der Waals surface area contributed by atoms with Crippen LogP contribution < -0.4 is 0 Å². The summed E-state index contributed by atoms with van der Waals surface area (Å²) in [5.41, 5.74) is 1.78. The SMILES string of the molecule is COC(=O)Cc1ccc(Br)c(COC(C)(C)C)c1. The number of hydrogen-bond acceptors (Lipinski definition) is 3. The Labute approximate surface area is 117 Å².